The molecule has 0 spiro atoms. The molecule has 0 aliphatic heterocycles. The van der Waals surface area contributed by atoms with E-state index in [1.165, 1.54) is 0 Å². The second-order valence-electron chi connectivity index (χ2n) is 3.36. The van der Waals surface area contributed by atoms with Crippen molar-refractivity contribution >= 4 is 0 Å². The van der Waals surface area contributed by atoms with E-state index in [4.69, 9.17) is 10.2 Å². The minimum atomic E-state index is -0.539. The van der Waals surface area contributed by atoms with Gasteiger partial charge in [0, 0.05) is 0 Å². The monoisotopic (exact) mass is 146 g/mol. The van der Waals surface area contributed by atoms with Crippen LogP contribution in [-0.4, -0.2) is 22.9 Å². The summed E-state index contributed by atoms with van der Waals surface area (Å²) in [6, 6.07) is 0. The maximum absolute atomic E-state index is 9.13. The molecule has 0 saturated carbocycles. The molecule has 2 nitrogen and oxygen atoms in total. The first-order valence-electron chi connectivity index (χ1n) is 3.86. The molecule has 62 valence electrons. The van der Waals surface area contributed by atoms with Crippen molar-refractivity contribution in [3.05, 3.63) is 0 Å². The van der Waals surface area contributed by atoms with Crippen molar-refractivity contribution in [1.82, 2.24) is 0 Å². The molecule has 0 radical (unpaired) electrons. The molecule has 0 heterocycles. The first-order chi connectivity index (χ1) is 4.57. The Labute approximate surface area is 62.9 Å². The molecule has 2 unspecified atom stereocenters. The van der Waals surface area contributed by atoms with Crippen molar-refractivity contribution in [3.63, 3.8) is 0 Å². The Balaban J connectivity index is 3.50. The molecule has 0 rings (SSSR count). The van der Waals surface area contributed by atoms with E-state index in [0.29, 0.717) is 5.92 Å². The van der Waals surface area contributed by atoms with Gasteiger partial charge in [-0.3, -0.25) is 0 Å². The fourth-order valence-corrected chi connectivity index (χ4v) is 1.08. The highest BCUT2D eigenvalue weighted by atomic mass is 16.3. The van der Waals surface area contributed by atoms with Gasteiger partial charge in [-0.15, -0.1) is 0 Å². The fourth-order valence-electron chi connectivity index (χ4n) is 1.08. The summed E-state index contributed by atoms with van der Waals surface area (Å²) in [5.41, 5.74) is 0. The predicted molar refractivity (Wildman–Crippen MR) is 41.7 cm³/mol. The molecule has 2 N–H and O–H groups in total. The zero-order valence-electron chi connectivity index (χ0n) is 7.04. The quantitative estimate of drug-likeness (QED) is 0.621. The standard InChI is InChI=1S/C8H18O2/c1-6(2)4-7(3)8(10)5-9/h6-10H,4-5H2,1-3H3. The minimum Gasteiger partial charge on any atom is -0.394 e. The summed E-state index contributed by atoms with van der Waals surface area (Å²) in [6.07, 6.45) is 0.434. The van der Waals surface area contributed by atoms with E-state index in [1.807, 2.05) is 6.92 Å². The van der Waals surface area contributed by atoms with Crippen molar-refractivity contribution in [2.75, 3.05) is 6.61 Å². The Morgan fingerprint density at radius 3 is 2.00 bits per heavy atom. The summed E-state index contributed by atoms with van der Waals surface area (Å²) < 4.78 is 0. The number of aliphatic hydroxyl groups is 2. The molecule has 0 aliphatic rings. The van der Waals surface area contributed by atoms with Crippen LogP contribution in [0.25, 0.3) is 0 Å². The van der Waals surface area contributed by atoms with Crippen LogP contribution in [0.2, 0.25) is 0 Å². The summed E-state index contributed by atoms with van der Waals surface area (Å²) in [5.74, 6) is 0.807. The summed E-state index contributed by atoms with van der Waals surface area (Å²) in [6.45, 7) is 6.07. The molecule has 10 heavy (non-hydrogen) atoms. The van der Waals surface area contributed by atoms with Gasteiger partial charge in [-0.05, 0) is 18.3 Å². The smallest absolute Gasteiger partial charge is 0.0796 e. The number of hydrogen-bond acceptors (Lipinski definition) is 2. The van der Waals surface area contributed by atoms with Crippen molar-refractivity contribution < 1.29 is 10.2 Å². The van der Waals surface area contributed by atoms with E-state index in [2.05, 4.69) is 13.8 Å². The SMILES string of the molecule is CC(C)CC(C)C(O)CO. The molecular formula is C8H18O2. The van der Waals surface area contributed by atoms with Crippen LogP contribution in [0.3, 0.4) is 0 Å². The van der Waals surface area contributed by atoms with Crippen LogP contribution in [0.5, 0.6) is 0 Å². The van der Waals surface area contributed by atoms with Crippen molar-refractivity contribution in [1.29, 1.82) is 0 Å². The van der Waals surface area contributed by atoms with Crippen LogP contribution in [0.4, 0.5) is 0 Å². The largest absolute Gasteiger partial charge is 0.394 e. The molecule has 0 aromatic rings. The fraction of sp³-hybridized carbons (Fsp3) is 1.00. The first kappa shape index (κ1) is 9.92. The Hall–Kier alpha value is -0.0800. The van der Waals surface area contributed by atoms with Crippen molar-refractivity contribution in [3.8, 4) is 0 Å². The van der Waals surface area contributed by atoms with Crippen molar-refractivity contribution in [2.24, 2.45) is 11.8 Å². The highest BCUT2D eigenvalue weighted by molar-refractivity contribution is 4.64. The van der Waals surface area contributed by atoms with Gasteiger partial charge in [-0.25, -0.2) is 0 Å². The maximum Gasteiger partial charge on any atom is 0.0796 e. The number of rotatable bonds is 4. The maximum atomic E-state index is 9.13. The van der Waals surface area contributed by atoms with Gasteiger partial charge in [-0.2, -0.15) is 0 Å². The summed E-state index contributed by atoms with van der Waals surface area (Å²) >= 11 is 0. The molecule has 0 saturated heterocycles. The van der Waals surface area contributed by atoms with Crippen LogP contribution >= 0.6 is 0 Å². The highest BCUT2D eigenvalue weighted by Crippen LogP contribution is 2.14. The Morgan fingerprint density at radius 2 is 1.70 bits per heavy atom. The van der Waals surface area contributed by atoms with E-state index in [1.54, 1.807) is 0 Å². The van der Waals surface area contributed by atoms with Gasteiger partial charge in [0.2, 0.25) is 0 Å². The summed E-state index contributed by atoms with van der Waals surface area (Å²) in [4.78, 5) is 0. The third-order valence-electron chi connectivity index (χ3n) is 1.69. The zero-order valence-corrected chi connectivity index (χ0v) is 7.04. The summed E-state index contributed by atoms with van der Waals surface area (Å²) in [7, 11) is 0. The zero-order chi connectivity index (χ0) is 8.15. The van der Waals surface area contributed by atoms with Gasteiger partial charge in [0.15, 0.2) is 0 Å². The predicted octanol–water partition coefficient (Wildman–Crippen LogP) is 1.02. The van der Waals surface area contributed by atoms with E-state index in [9.17, 15) is 0 Å². The van der Waals surface area contributed by atoms with Gasteiger partial charge in [-0.1, -0.05) is 20.8 Å². The lowest BCUT2D eigenvalue weighted by molar-refractivity contribution is 0.0460. The third-order valence-corrected chi connectivity index (χ3v) is 1.69. The van der Waals surface area contributed by atoms with Gasteiger partial charge in [0.05, 0.1) is 12.7 Å². The van der Waals surface area contributed by atoms with Crippen molar-refractivity contribution in [2.45, 2.75) is 33.3 Å². The van der Waals surface area contributed by atoms with E-state index in [-0.39, 0.29) is 12.5 Å². The highest BCUT2D eigenvalue weighted by Gasteiger charge is 2.13. The molecule has 2 heteroatoms. The first-order valence-corrected chi connectivity index (χ1v) is 3.86. The Kier molecular flexibility index (Phi) is 4.65. The van der Waals surface area contributed by atoms with E-state index < -0.39 is 6.10 Å². The summed E-state index contributed by atoms with van der Waals surface area (Å²) in [5, 5.41) is 17.7. The van der Waals surface area contributed by atoms with Crippen LogP contribution in [-0.2, 0) is 0 Å². The third kappa shape index (κ3) is 3.85. The molecule has 0 amide bonds. The van der Waals surface area contributed by atoms with Crippen LogP contribution in [0.15, 0.2) is 0 Å². The molecule has 2 atom stereocenters. The Bertz CT molecular complexity index is 81.3. The molecule has 0 aromatic carbocycles. The molecule has 0 aliphatic carbocycles. The van der Waals surface area contributed by atoms with E-state index >= 15 is 0 Å². The lowest BCUT2D eigenvalue weighted by Crippen LogP contribution is -2.22. The topological polar surface area (TPSA) is 40.5 Å². The lowest BCUT2D eigenvalue weighted by Gasteiger charge is -2.17. The lowest BCUT2D eigenvalue weighted by atomic mass is 9.94. The van der Waals surface area contributed by atoms with Gasteiger partial charge in [0.1, 0.15) is 0 Å². The molecular weight excluding hydrogens is 128 g/mol. The number of aliphatic hydroxyl groups excluding tert-OH is 2. The average molecular weight is 146 g/mol. The minimum absolute atomic E-state index is 0.117. The molecule has 0 fully saturated rings. The average Bonchev–Trinajstić information content (AvgIpc) is 1.85. The normalized spacial score (nSPS) is 17.4. The van der Waals surface area contributed by atoms with Gasteiger partial charge < -0.3 is 10.2 Å². The molecule has 0 aromatic heterocycles. The Morgan fingerprint density at radius 1 is 1.20 bits per heavy atom. The number of hydrogen-bond donors (Lipinski definition) is 2. The van der Waals surface area contributed by atoms with E-state index in [0.717, 1.165) is 6.42 Å². The van der Waals surface area contributed by atoms with Crippen LogP contribution < -0.4 is 0 Å². The molecule has 0 bridgehead atoms. The second-order valence-corrected chi connectivity index (χ2v) is 3.36. The van der Waals surface area contributed by atoms with Gasteiger partial charge in [0.25, 0.3) is 0 Å². The second kappa shape index (κ2) is 4.69. The van der Waals surface area contributed by atoms with Gasteiger partial charge >= 0.3 is 0 Å². The van der Waals surface area contributed by atoms with Crippen LogP contribution in [0.1, 0.15) is 27.2 Å². The van der Waals surface area contributed by atoms with Crippen LogP contribution in [0, 0.1) is 11.8 Å².